The molecule has 0 aliphatic carbocycles. The molecule has 1 aromatic rings. The smallest absolute Gasteiger partial charge is 0.387 e. The molecule has 2 rings (SSSR count). The van der Waals surface area contributed by atoms with E-state index in [1.54, 1.807) is 12.1 Å². The van der Waals surface area contributed by atoms with E-state index in [0.29, 0.717) is 12.0 Å². The first-order valence-electron chi connectivity index (χ1n) is 7.00. The van der Waals surface area contributed by atoms with Crippen LogP contribution in [0.3, 0.4) is 0 Å². The van der Waals surface area contributed by atoms with Gasteiger partial charge in [-0.2, -0.15) is 8.78 Å². The van der Waals surface area contributed by atoms with Crippen molar-refractivity contribution in [2.45, 2.75) is 32.5 Å². The predicted octanol–water partition coefficient (Wildman–Crippen LogP) is 2.72. The molecule has 1 aliphatic heterocycles. The lowest BCUT2D eigenvalue weighted by Crippen LogP contribution is -2.46. The Hall–Kier alpha value is -1.20. The maximum absolute atomic E-state index is 12.0. The molecule has 3 nitrogen and oxygen atoms in total. The molecule has 1 fully saturated rings. The minimum Gasteiger partial charge on any atom is -0.435 e. The highest BCUT2D eigenvalue weighted by atomic mass is 19.3. The van der Waals surface area contributed by atoms with Crippen molar-refractivity contribution in [1.82, 2.24) is 10.2 Å². The molecule has 0 spiro atoms. The lowest BCUT2D eigenvalue weighted by molar-refractivity contribution is -0.0498. The zero-order valence-corrected chi connectivity index (χ0v) is 12.0. The maximum atomic E-state index is 12.0. The van der Waals surface area contributed by atoms with Gasteiger partial charge in [-0.3, -0.25) is 0 Å². The van der Waals surface area contributed by atoms with Gasteiger partial charge in [-0.25, -0.2) is 0 Å². The number of rotatable bonds is 5. The average molecular weight is 284 g/mol. The van der Waals surface area contributed by atoms with E-state index < -0.39 is 6.61 Å². The Kier molecular flexibility index (Phi) is 5.31. The number of halogens is 2. The second kappa shape index (κ2) is 6.99. The molecule has 1 heterocycles. The van der Waals surface area contributed by atoms with Gasteiger partial charge in [0.05, 0.1) is 0 Å². The number of hydrogen-bond acceptors (Lipinski definition) is 3. The lowest BCUT2D eigenvalue weighted by atomic mass is 9.94. The number of alkyl halides is 2. The highest BCUT2D eigenvalue weighted by molar-refractivity contribution is 5.27. The van der Waals surface area contributed by atoms with Gasteiger partial charge in [0.1, 0.15) is 5.75 Å². The van der Waals surface area contributed by atoms with E-state index in [4.69, 9.17) is 0 Å². The fourth-order valence-electron chi connectivity index (χ4n) is 2.70. The third kappa shape index (κ3) is 4.42. The number of ether oxygens (including phenoxy) is 1. The molecule has 5 heteroatoms. The third-order valence-electron chi connectivity index (χ3n) is 3.83. The number of likely N-dealkylation sites (tertiary alicyclic amines) is 1. The van der Waals surface area contributed by atoms with Gasteiger partial charge in [-0.05, 0) is 43.6 Å². The maximum Gasteiger partial charge on any atom is 0.387 e. The van der Waals surface area contributed by atoms with Crippen molar-refractivity contribution in [3.8, 4) is 5.75 Å². The molecule has 1 aromatic carbocycles. The molecule has 20 heavy (non-hydrogen) atoms. The van der Waals surface area contributed by atoms with Crippen molar-refractivity contribution in [1.29, 1.82) is 0 Å². The molecule has 1 aliphatic rings. The van der Waals surface area contributed by atoms with Crippen LogP contribution in [0.2, 0.25) is 0 Å². The van der Waals surface area contributed by atoms with Crippen LogP contribution >= 0.6 is 0 Å². The first kappa shape index (κ1) is 15.2. The highest BCUT2D eigenvalue weighted by Gasteiger charge is 2.23. The van der Waals surface area contributed by atoms with Crippen LogP contribution < -0.4 is 10.1 Å². The number of piperidine rings is 1. The van der Waals surface area contributed by atoms with Gasteiger partial charge in [0.15, 0.2) is 0 Å². The van der Waals surface area contributed by atoms with Crippen LogP contribution in [0, 0.1) is 5.92 Å². The minimum atomic E-state index is -2.76. The predicted molar refractivity (Wildman–Crippen MR) is 75.0 cm³/mol. The number of benzene rings is 1. The van der Waals surface area contributed by atoms with E-state index in [1.807, 2.05) is 12.1 Å². The average Bonchev–Trinajstić information content (AvgIpc) is 2.39. The van der Waals surface area contributed by atoms with Crippen LogP contribution in [0.25, 0.3) is 0 Å². The van der Waals surface area contributed by atoms with Crippen molar-refractivity contribution >= 4 is 0 Å². The van der Waals surface area contributed by atoms with E-state index in [9.17, 15) is 8.78 Å². The molecule has 0 aromatic heterocycles. The summed E-state index contributed by atoms with van der Waals surface area (Å²) < 4.78 is 28.4. The lowest BCUT2D eigenvalue weighted by Gasteiger charge is -2.35. The molecular weight excluding hydrogens is 262 g/mol. The number of nitrogens with one attached hydrogen (secondary N) is 1. The monoisotopic (exact) mass is 284 g/mol. The van der Waals surface area contributed by atoms with Crippen LogP contribution in [0.4, 0.5) is 8.78 Å². The van der Waals surface area contributed by atoms with E-state index in [0.717, 1.165) is 31.6 Å². The number of nitrogens with zero attached hydrogens (tertiary/aromatic N) is 1. The minimum absolute atomic E-state index is 0.205. The Morgan fingerprint density at radius 2 is 2.05 bits per heavy atom. The van der Waals surface area contributed by atoms with Crippen LogP contribution in [-0.4, -0.2) is 37.7 Å². The van der Waals surface area contributed by atoms with Gasteiger partial charge < -0.3 is 15.0 Å². The zero-order valence-electron chi connectivity index (χ0n) is 12.0. The summed E-state index contributed by atoms with van der Waals surface area (Å²) in [6.45, 7) is 2.47. The Labute approximate surface area is 118 Å². The van der Waals surface area contributed by atoms with Gasteiger partial charge in [0.25, 0.3) is 0 Å². The third-order valence-corrected chi connectivity index (χ3v) is 3.83. The molecule has 0 radical (unpaired) electrons. The molecular formula is C15H22F2N2O. The molecule has 1 N–H and O–H groups in total. The van der Waals surface area contributed by atoms with Crippen LogP contribution in [0.15, 0.2) is 24.3 Å². The summed E-state index contributed by atoms with van der Waals surface area (Å²) in [5.41, 5.74) is 1.08. The van der Waals surface area contributed by atoms with Gasteiger partial charge >= 0.3 is 6.61 Å². The van der Waals surface area contributed by atoms with E-state index in [1.165, 1.54) is 0 Å². The zero-order chi connectivity index (χ0) is 14.5. The summed E-state index contributed by atoms with van der Waals surface area (Å²) in [6.07, 6.45) is 1.14. The van der Waals surface area contributed by atoms with Crippen LogP contribution in [0.5, 0.6) is 5.75 Å². The van der Waals surface area contributed by atoms with Crippen LogP contribution in [-0.2, 0) is 6.54 Å². The molecule has 0 amide bonds. The molecule has 2 atom stereocenters. The van der Waals surface area contributed by atoms with Crippen molar-refractivity contribution in [3.05, 3.63) is 29.8 Å². The summed E-state index contributed by atoms with van der Waals surface area (Å²) in [4.78, 5) is 2.35. The van der Waals surface area contributed by atoms with Gasteiger partial charge in [0.2, 0.25) is 0 Å². The summed E-state index contributed by atoms with van der Waals surface area (Å²) in [5.74, 6) is 0.826. The van der Waals surface area contributed by atoms with Gasteiger partial charge in [0, 0.05) is 19.1 Å². The van der Waals surface area contributed by atoms with E-state index in [-0.39, 0.29) is 5.75 Å². The van der Waals surface area contributed by atoms with Crippen molar-refractivity contribution < 1.29 is 13.5 Å². The normalized spacial score (nSPS) is 24.1. The van der Waals surface area contributed by atoms with Gasteiger partial charge in [-0.1, -0.05) is 19.1 Å². The fraction of sp³-hybridized carbons (Fsp3) is 0.600. The first-order chi connectivity index (χ1) is 9.54. The Morgan fingerprint density at radius 1 is 1.35 bits per heavy atom. The summed E-state index contributed by atoms with van der Waals surface area (Å²) >= 11 is 0. The SMILES string of the molecule is CC1CN(C)CCC1NCc1ccc(OC(F)F)cc1. The van der Waals surface area contributed by atoms with Gasteiger partial charge in [-0.15, -0.1) is 0 Å². The molecule has 112 valence electrons. The van der Waals surface area contributed by atoms with Crippen molar-refractivity contribution in [2.24, 2.45) is 5.92 Å². The Morgan fingerprint density at radius 3 is 2.65 bits per heavy atom. The van der Waals surface area contributed by atoms with Crippen molar-refractivity contribution in [3.63, 3.8) is 0 Å². The fourth-order valence-corrected chi connectivity index (χ4v) is 2.70. The molecule has 0 bridgehead atoms. The number of hydrogen-bond donors (Lipinski definition) is 1. The van der Waals surface area contributed by atoms with Crippen molar-refractivity contribution in [2.75, 3.05) is 20.1 Å². The summed E-state index contributed by atoms with van der Waals surface area (Å²) in [6, 6.07) is 7.33. The quantitative estimate of drug-likeness (QED) is 0.900. The Bertz CT molecular complexity index is 411. The first-order valence-corrected chi connectivity index (χ1v) is 7.00. The standard InChI is InChI=1S/C15H22F2N2O/c1-11-10-19(2)8-7-14(11)18-9-12-3-5-13(6-4-12)20-15(16)17/h3-6,11,14-15,18H,7-10H2,1-2H3. The molecule has 1 saturated heterocycles. The summed E-state index contributed by atoms with van der Waals surface area (Å²) in [7, 11) is 2.15. The van der Waals surface area contributed by atoms with E-state index >= 15 is 0 Å². The Balaban J connectivity index is 1.82. The topological polar surface area (TPSA) is 24.5 Å². The van der Waals surface area contributed by atoms with E-state index in [2.05, 4.69) is 28.9 Å². The second-order valence-corrected chi connectivity index (χ2v) is 5.54. The highest BCUT2D eigenvalue weighted by Crippen LogP contribution is 2.17. The summed E-state index contributed by atoms with van der Waals surface area (Å²) in [5, 5.41) is 3.55. The largest absolute Gasteiger partial charge is 0.435 e. The molecule has 0 saturated carbocycles. The van der Waals surface area contributed by atoms with Crippen LogP contribution in [0.1, 0.15) is 18.9 Å². The second-order valence-electron chi connectivity index (χ2n) is 5.54. The molecule has 2 unspecified atom stereocenters.